The van der Waals surface area contributed by atoms with Crippen molar-refractivity contribution in [3.8, 4) is 5.75 Å². The van der Waals surface area contributed by atoms with E-state index >= 15 is 0 Å². The van der Waals surface area contributed by atoms with Gasteiger partial charge in [0.2, 0.25) is 5.91 Å². The molecule has 0 atom stereocenters. The van der Waals surface area contributed by atoms with E-state index in [2.05, 4.69) is 18.0 Å². The number of carbonyl (C=O) groups is 2. The van der Waals surface area contributed by atoms with Crippen LogP contribution in [0.2, 0.25) is 0 Å². The molecular weight excluding hydrogens is 378 g/mol. The fourth-order valence-electron chi connectivity index (χ4n) is 4.22. The van der Waals surface area contributed by atoms with Gasteiger partial charge in [0, 0.05) is 36.1 Å². The molecule has 0 aromatic heterocycles. The van der Waals surface area contributed by atoms with Gasteiger partial charge in [0.15, 0.2) is 0 Å². The zero-order valence-electron chi connectivity index (χ0n) is 16.3. The number of hydrogen-bond donors (Lipinski definition) is 2. The molecule has 2 N–H and O–H groups in total. The fraction of sp³-hybridized carbons (Fsp3) is 0.167. The highest BCUT2D eigenvalue weighted by Gasteiger charge is 2.32. The van der Waals surface area contributed by atoms with Gasteiger partial charge in [-0.25, -0.2) is 4.79 Å². The molecule has 1 fully saturated rings. The molecule has 2 aliphatic heterocycles. The molecule has 30 heavy (non-hydrogen) atoms. The number of phenols is 1. The Morgan fingerprint density at radius 3 is 2.73 bits per heavy atom. The van der Waals surface area contributed by atoms with Gasteiger partial charge < -0.3 is 15.3 Å². The molecule has 5 rings (SSSR count). The second-order valence-electron chi connectivity index (χ2n) is 7.76. The normalized spacial score (nSPS) is 16.1. The highest BCUT2D eigenvalue weighted by Crippen LogP contribution is 2.37. The molecule has 0 radical (unpaired) electrons. The Kier molecular flexibility index (Phi) is 4.20. The number of nitrogens with one attached hydrogen (secondary N) is 1. The van der Waals surface area contributed by atoms with E-state index < -0.39 is 0 Å². The van der Waals surface area contributed by atoms with E-state index in [-0.39, 0.29) is 23.6 Å². The minimum Gasteiger partial charge on any atom is -0.508 e. The quantitative estimate of drug-likeness (QED) is 0.648. The number of phenolic OH excluding ortho intramolecular Hbond substituents is 1. The third kappa shape index (κ3) is 2.97. The molecule has 0 aliphatic carbocycles. The van der Waals surface area contributed by atoms with Gasteiger partial charge >= 0.3 is 6.03 Å². The standard InChI is InChI=1S/C24H21N3O3/c1-2-23(29)26-12-18(13-26)15-7-8-17-14-27(24(30)25-21(17)10-15)22-11-19(28)9-16-5-3-4-6-20(16)22/h2-11,18,28H,1,12-14H2,(H,25,30). The van der Waals surface area contributed by atoms with Crippen molar-refractivity contribution in [2.75, 3.05) is 23.3 Å². The number of aromatic hydroxyl groups is 1. The highest BCUT2D eigenvalue weighted by atomic mass is 16.3. The first-order chi connectivity index (χ1) is 14.5. The number of amides is 3. The van der Waals surface area contributed by atoms with Crippen molar-refractivity contribution in [1.29, 1.82) is 0 Å². The monoisotopic (exact) mass is 399 g/mol. The summed E-state index contributed by atoms with van der Waals surface area (Å²) >= 11 is 0. The Morgan fingerprint density at radius 2 is 1.93 bits per heavy atom. The van der Waals surface area contributed by atoms with E-state index in [1.165, 1.54) is 6.08 Å². The summed E-state index contributed by atoms with van der Waals surface area (Å²) in [6, 6.07) is 16.9. The molecule has 2 aliphatic rings. The maximum atomic E-state index is 12.9. The lowest BCUT2D eigenvalue weighted by Gasteiger charge is -2.39. The number of urea groups is 1. The van der Waals surface area contributed by atoms with Gasteiger partial charge in [-0.05, 0) is 34.7 Å². The van der Waals surface area contributed by atoms with Crippen LogP contribution in [0.15, 0.2) is 67.3 Å². The van der Waals surface area contributed by atoms with Crippen LogP contribution in [0.25, 0.3) is 10.8 Å². The predicted octanol–water partition coefficient (Wildman–Crippen LogP) is 4.21. The summed E-state index contributed by atoms with van der Waals surface area (Å²) in [5, 5.41) is 14.9. The zero-order valence-corrected chi connectivity index (χ0v) is 16.3. The van der Waals surface area contributed by atoms with Crippen LogP contribution in [0.5, 0.6) is 5.75 Å². The number of nitrogens with zero attached hydrogens (tertiary/aromatic N) is 2. The van der Waals surface area contributed by atoms with Crippen LogP contribution < -0.4 is 10.2 Å². The SMILES string of the molecule is C=CC(=O)N1CC(c2ccc3c(c2)NC(=O)N(c2cc(O)cc4ccccc24)C3)C1. The topological polar surface area (TPSA) is 72.9 Å². The van der Waals surface area contributed by atoms with Crippen LogP contribution in [0.3, 0.4) is 0 Å². The summed E-state index contributed by atoms with van der Waals surface area (Å²) in [7, 11) is 0. The average molecular weight is 399 g/mol. The Bertz CT molecular complexity index is 1200. The van der Waals surface area contributed by atoms with Crippen LogP contribution in [-0.2, 0) is 11.3 Å². The van der Waals surface area contributed by atoms with E-state index in [9.17, 15) is 14.7 Å². The van der Waals surface area contributed by atoms with Crippen molar-refractivity contribution in [2.24, 2.45) is 0 Å². The van der Waals surface area contributed by atoms with Gasteiger partial charge in [0.05, 0.1) is 12.2 Å². The summed E-state index contributed by atoms with van der Waals surface area (Å²) in [4.78, 5) is 28.0. The Labute approximate surface area is 174 Å². The van der Waals surface area contributed by atoms with Gasteiger partial charge in [0.1, 0.15) is 5.75 Å². The first-order valence-electron chi connectivity index (χ1n) is 9.88. The summed E-state index contributed by atoms with van der Waals surface area (Å²) in [6.45, 7) is 5.27. The molecule has 6 nitrogen and oxygen atoms in total. The van der Waals surface area contributed by atoms with E-state index in [0.717, 1.165) is 27.6 Å². The molecular formula is C24H21N3O3. The largest absolute Gasteiger partial charge is 0.508 e. The molecule has 3 amide bonds. The van der Waals surface area contributed by atoms with Crippen LogP contribution in [-0.4, -0.2) is 35.0 Å². The molecule has 2 heterocycles. The molecule has 3 aromatic carbocycles. The highest BCUT2D eigenvalue weighted by molar-refractivity contribution is 6.10. The number of anilines is 2. The molecule has 150 valence electrons. The number of hydrogen-bond acceptors (Lipinski definition) is 3. The molecule has 6 heteroatoms. The number of likely N-dealkylation sites (tertiary alicyclic amines) is 1. The second kappa shape index (κ2) is 6.91. The minimum absolute atomic E-state index is 0.0495. The van der Waals surface area contributed by atoms with Gasteiger partial charge in [-0.15, -0.1) is 0 Å². The summed E-state index contributed by atoms with van der Waals surface area (Å²) in [6.07, 6.45) is 1.34. The van der Waals surface area contributed by atoms with Crippen LogP contribution >= 0.6 is 0 Å². The Morgan fingerprint density at radius 1 is 1.13 bits per heavy atom. The molecule has 0 bridgehead atoms. The van der Waals surface area contributed by atoms with E-state index in [0.29, 0.717) is 25.3 Å². The van der Waals surface area contributed by atoms with E-state index in [1.807, 2.05) is 36.4 Å². The number of carbonyl (C=O) groups excluding carboxylic acids is 2. The number of fused-ring (bicyclic) bond motifs is 2. The van der Waals surface area contributed by atoms with E-state index in [1.54, 1.807) is 21.9 Å². The molecule has 0 unspecified atom stereocenters. The zero-order chi connectivity index (χ0) is 20.8. The molecule has 1 saturated heterocycles. The van der Waals surface area contributed by atoms with E-state index in [4.69, 9.17) is 0 Å². The first-order valence-corrected chi connectivity index (χ1v) is 9.88. The van der Waals surface area contributed by atoms with Crippen molar-refractivity contribution in [1.82, 2.24) is 4.90 Å². The first kappa shape index (κ1) is 18.2. The van der Waals surface area contributed by atoms with Crippen molar-refractivity contribution >= 4 is 34.1 Å². The smallest absolute Gasteiger partial charge is 0.326 e. The predicted molar refractivity (Wildman–Crippen MR) is 117 cm³/mol. The van der Waals surface area contributed by atoms with Crippen molar-refractivity contribution in [2.45, 2.75) is 12.5 Å². The van der Waals surface area contributed by atoms with Crippen molar-refractivity contribution in [3.63, 3.8) is 0 Å². The second-order valence-corrected chi connectivity index (χ2v) is 7.76. The van der Waals surface area contributed by atoms with Crippen molar-refractivity contribution in [3.05, 3.63) is 78.4 Å². The van der Waals surface area contributed by atoms with Gasteiger partial charge in [-0.2, -0.15) is 0 Å². The van der Waals surface area contributed by atoms with Gasteiger partial charge in [-0.3, -0.25) is 9.69 Å². The summed E-state index contributed by atoms with van der Waals surface area (Å²) < 4.78 is 0. The molecule has 0 spiro atoms. The van der Waals surface area contributed by atoms with Gasteiger partial charge in [-0.1, -0.05) is 43.0 Å². The third-order valence-corrected chi connectivity index (χ3v) is 5.90. The summed E-state index contributed by atoms with van der Waals surface area (Å²) in [5.74, 6) is 0.344. The lowest BCUT2D eigenvalue weighted by Crippen LogP contribution is -2.47. The van der Waals surface area contributed by atoms with Crippen LogP contribution in [0.1, 0.15) is 17.0 Å². The average Bonchev–Trinajstić information content (AvgIpc) is 2.71. The Balaban J connectivity index is 1.43. The fourth-order valence-corrected chi connectivity index (χ4v) is 4.22. The maximum absolute atomic E-state index is 12.9. The van der Waals surface area contributed by atoms with Crippen LogP contribution in [0.4, 0.5) is 16.2 Å². The molecule has 0 saturated carbocycles. The summed E-state index contributed by atoms with van der Waals surface area (Å²) in [5.41, 5.74) is 3.59. The van der Waals surface area contributed by atoms with Gasteiger partial charge in [0.25, 0.3) is 0 Å². The maximum Gasteiger partial charge on any atom is 0.326 e. The van der Waals surface area contributed by atoms with Crippen molar-refractivity contribution < 1.29 is 14.7 Å². The molecule has 3 aromatic rings. The lowest BCUT2D eigenvalue weighted by atomic mass is 9.89. The number of benzene rings is 3. The minimum atomic E-state index is -0.229. The third-order valence-electron chi connectivity index (χ3n) is 5.90. The van der Waals surface area contributed by atoms with Crippen LogP contribution in [0, 0.1) is 0 Å². The lowest BCUT2D eigenvalue weighted by molar-refractivity contribution is -0.130. The Hall–Kier alpha value is -3.80. The number of rotatable bonds is 3.